The third kappa shape index (κ3) is 3.21. The van der Waals surface area contributed by atoms with Crippen LogP contribution in [0.3, 0.4) is 0 Å². The summed E-state index contributed by atoms with van der Waals surface area (Å²) in [5, 5.41) is 15.4. The van der Waals surface area contributed by atoms with Gasteiger partial charge in [0.15, 0.2) is 5.84 Å². The predicted octanol–water partition coefficient (Wildman–Crippen LogP) is 4.61. The number of amidine groups is 2. The largest absolute Gasteiger partial charge is 0.457 e. The predicted molar refractivity (Wildman–Crippen MR) is 115 cm³/mol. The van der Waals surface area contributed by atoms with Gasteiger partial charge in [-0.25, -0.2) is 0 Å². The van der Waals surface area contributed by atoms with Crippen molar-refractivity contribution in [1.82, 2.24) is 5.01 Å². The minimum absolute atomic E-state index is 0.0175. The number of hydrogen-bond donors (Lipinski definition) is 1. The number of benzene rings is 2. The number of fused-ring (bicyclic) bond motifs is 1. The zero-order valence-electron chi connectivity index (χ0n) is 15.1. The summed E-state index contributed by atoms with van der Waals surface area (Å²) in [7, 11) is 0. The molecule has 0 bridgehead atoms. The maximum absolute atomic E-state index is 12.5. The molecule has 3 aromatic rings. The van der Waals surface area contributed by atoms with Crippen LogP contribution in [-0.2, 0) is 4.79 Å². The van der Waals surface area contributed by atoms with Crippen LogP contribution >= 0.6 is 11.8 Å². The van der Waals surface area contributed by atoms with Gasteiger partial charge in [-0.2, -0.15) is 15.1 Å². The molecule has 1 aromatic heterocycles. The van der Waals surface area contributed by atoms with E-state index in [-0.39, 0.29) is 11.4 Å². The Hall–Kier alpha value is -3.71. The molecule has 0 saturated heterocycles. The van der Waals surface area contributed by atoms with E-state index < -0.39 is 5.91 Å². The number of thioether (sulfide) groups is 1. The van der Waals surface area contributed by atoms with E-state index >= 15 is 0 Å². The van der Waals surface area contributed by atoms with Crippen molar-refractivity contribution in [3.63, 3.8) is 0 Å². The van der Waals surface area contributed by atoms with Crippen molar-refractivity contribution in [1.29, 1.82) is 5.41 Å². The van der Waals surface area contributed by atoms with E-state index in [2.05, 4.69) is 10.1 Å². The normalized spacial score (nSPS) is 17.4. The highest BCUT2D eigenvalue weighted by atomic mass is 32.2. The number of aliphatic imine (C=N–C) groups is 1. The SMILES string of the molecule is N=C1C(=Cc2ccc(-c3ccccc3)o2)C(=O)N=C2SC(c3ccccc3)=NN12. The van der Waals surface area contributed by atoms with Crippen molar-refractivity contribution in [2.75, 3.05) is 0 Å². The number of carbonyl (C=O) groups is 1. The molecule has 0 unspecified atom stereocenters. The molecule has 0 aliphatic carbocycles. The van der Waals surface area contributed by atoms with Crippen LogP contribution in [0.4, 0.5) is 0 Å². The molecule has 0 spiro atoms. The highest BCUT2D eigenvalue weighted by Gasteiger charge is 2.36. The van der Waals surface area contributed by atoms with Gasteiger partial charge in [-0.15, -0.1) is 0 Å². The van der Waals surface area contributed by atoms with Gasteiger partial charge in [0.1, 0.15) is 16.6 Å². The summed E-state index contributed by atoms with van der Waals surface area (Å²) in [4.78, 5) is 16.7. The molecule has 7 heteroatoms. The molecule has 1 N–H and O–H groups in total. The van der Waals surface area contributed by atoms with Crippen LogP contribution in [0.5, 0.6) is 0 Å². The Balaban J connectivity index is 1.46. The topological polar surface area (TPSA) is 82.0 Å². The number of amides is 1. The second kappa shape index (κ2) is 7.03. The van der Waals surface area contributed by atoms with Crippen molar-refractivity contribution in [3.05, 3.63) is 89.7 Å². The Morgan fingerprint density at radius 2 is 1.62 bits per heavy atom. The van der Waals surface area contributed by atoms with Gasteiger partial charge >= 0.3 is 0 Å². The zero-order chi connectivity index (χ0) is 19.8. The quantitative estimate of drug-likeness (QED) is 0.653. The van der Waals surface area contributed by atoms with Gasteiger partial charge in [0.25, 0.3) is 5.91 Å². The number of hydrogen-bond acceptors (Lipinski definition) is 5. The van der Waals surface area contributed by atoms with E-state index in [4.69, 9.17) is 9.83 Å². The van der Waals surface area contributed by atoms with Gasteiger partial charge < -0.3 is 4.42 Å². The average molecular weight is 398 g/mol. The van der Waals surface area contributed by atoms with Crippen LogP contribution in [0.2, 0.25) is 0 Å². The Kier molecular flexibility index (Phi) is 4.22. The maximum Gasteiger partial charge on any atom is 0.283 e. The van der Waals surface area contributed by atoms with Gasteiger partial charge in [0.2, 0.25) is 5.17 Å². The fourth-order valence-electron chi connectivity index (χ4n) is 3.02. The highest BCUT2D eigenvalue weighted by Crippen LogP contribution is 2.31. The van der Waals surface area contributed by atoms with Gasteiger partial charge in [0, 0.05) is 11.1 Å². The molecule has 2 aliphatic rings. The number of furan rings is 1. The summed E-state index contributed by atoms with van der Waals surface area (Å²) in [6, 6.07) is 22.9. The van der Waals surface area contributed by atoms with Crippen LogP contribution in [0.25, 0.3) is 17.4 Å². The van der Waals surface area contributed by atoms with Crippen LogP contribution < -0.4 is 0 Å². The lowest BCUT2D eigenvalue weighted by Gasteiger charge is -2.19. The van der Waals surface area contributed by atoms with Crippen molar-refractivity contribution in [2.24, 2.45) is 10.1 Å². The molecule has 29 heavy (non-hydrogen) atoms. The highest BCUT2D eigenvalue weighted by molar-refractivity contribution is 8.27. The third-order valence-electron chi connectivity index (χ3n) is 4.45. The molecular weight excluding hydrogens is 384 g/mol. The summed E-state index contributed by atoms with van der Waals surface area (Å²) in [5.41, 5.74) is 2.00. The number of rotatable bonds is 3. The average Bonchev–Trinajstić information content (AvgIpc) is 3.40. The van der Waals surface area contributed by atoms with E-state index in [0.717, 1.165) is 11.1 Å². The van der Waals surface area contributed by atoms with Gasteiger partial charge in [-0.1, -0.05) is 60.7 Å². The second-order valence-electron chi connectivity index (χ2n) is 6.36. The van der Waals surface area contributed by atoms with E-state index in [0.29, 0.717) is 21.7 Å². The van der Waals surface area contributed by atoms with E-state index in [1.807, 2.05) is 66.7 Å². The fraction of sp³-hybridized carbons (Fsp3) is 0. The van der Waals surface area contributed by atoms with Crippen molar-refractivity contribution in [3.8, 4) is 11.3 Å². The van der Waals surface area contributed by atoms with Crippen molar-refractivity contribution < 1.29 is 9.21 Å². The minimum Gasteiger partial charge on any atom is -0.457 e. The summed E-state index contributed by atoms with van der Waals surface area (Å²) in [5.74, 6) is 0.680. The molecule has 0 saturated carbocycles. The van der Waals surface area contributed by atoms with Crippen molar-refractivity contribution >= 4 is 39.8 Å². The van der Waals surface area contributed by atoms with Crippen LogP contribution in [0, 0.1) is 5.41 Å². The molecule has 5 rings (SSSR count). The lowest BCUT2D eigenvalue weighted by atomic mass is 10.1. The smallest absolute Gasteiger partial charge is 0.283 e. The number of hydrazone groups is 1. The Morgan fingerprint density at radius 3 is 2.34 bits per heavy atom. The maximum atomic E-state index is 12.5. The Labute approximate surface area is 170 Å². The summed E-state index contributed by atoms with van der Waals surface area (Å²) in [6.07, 6.45) is 1.54. The van der Waals surface area contributed by atoms with E-state index in [1.54, 1.807) is 6.07 Å². The van der Waals surface area contributed by atoms with Crippen molar-refractivity contribution in [2.45, 2.75) is 0 Å². The van der Waals surface area contributed by atoms with Gasteiger partial charge in [0.05, 0.1) is 5.57 Å². The lowest BCUT2D eigenvalue weighted by molar-refractivity contribution is -0.114. The van der Waals surface area contributed by atoms with Gasteiger partial charge in [-0.05, 0) is 30.0 Å². The van der Waals surface area contributed by atoms with E-state index in [9.17, 15) is 4.79 Å². The zero-order valence-corrected chi connectivity index (χ0v) is 15.9. The Bertz CT molecular complexity index is 1210. The molecule has 0 fully saturated rings. The summed E-state index contributed by atoms with van der Waals surface area (Å²) < 4.78 is 5.84. The first kappa shape index (κ1) is 17.4. The fourth-order valence-corrected chi connectivity index (χ4v) is 3.92. The number of nitrogens with one attached hydrogen (secondary N) is 1. The molecule has 2 aromatic carbocycles. The molecule has 0 atom stereocenters. The molecular formula is C22H14N4O2S. The lowest BCUT2D eigenvalue weighted by Crippen LogP contribution is -2.35. The Morgan fingerprint density at radius 1 is 0.931 bits per heavy atom. The molecule has 3 heterocycles. The van der Waals surface area contributed by atoms with Crippen LogP contribution in [-0.4, -0.2) is 27.0 Å². The van der Waals surface area contributed by atoms with Gasteiger partial charge in [-0.3, -0.25) is 10.2 Å². The van der Waals surface area contributed by atoms with Crippen LogP contribution in [0.1, 0.15) is 11.3 Å². The number of carbonyl (C=O) groups excluding carboxylic acids is 1. The summed E-state index contributed by atoms with van der Waals surface area (Å²) in [6.45, 7) is 0. The second-order valence-corrected chi connectivity index (χ2v) is 7.32. The first-order chi connectivity index (χ1) is 14.2. The number of nitrogens with zero attached hydrogens (tertiary/aromatic N) is 3. The minimum atomic E-state index is -0.476. The molecule has 6 nitrogen and oxygen atoms in total. The first-order valence-corrected chi connectivity index (χ1v) is 9.71. The molecule has 140 valence electrons. The molecule has 0 radical (unpaired) electrons. The van der Waals surface area contributed by atoms with E-state index in [1.165, 1.54) is 22.8 Å². The third-order valence-corrected chi connectivity index (χ3v) is 5.40. The summed E-state index contributed by atoms with van der Waals surface area (Å²) >= 11 is 1.28. The standard InChI is InChI=1S/C22H14N4O2S/c23-19-17(13-16-11-12-18(28-16)14-7-3-1-4-8-14)20(27)24-22-26(19)25-21(29-22)15-9-5-2-6-10-15/h1-13,23H. The first-order valence-electron chi connectivity index (χ1n) is 8.90. The van der Waals surface area contributed by atoms with Crippen LogP contribution in [0.15, 0.2) is 92.9 Å². The molecule has 1 amide bonds. The monoisotopic (exact) mass is 398 g/mol. The molecule has 2 aliphatic heterocycles.